The van der Waals surface area contributed by atoms with Gasteiger partial charge in [-0.2, -0.15) is 11.8 Å². The molecule has 174 valence electrons. The minimum Gasteiger partial charge on any atom is -0.495 e. The fourth-order valence-corrected chi connectivity index (χ4v) is 5.40. The number of para-hydroxylation sites is 2. The van der Waals surface area contributed by atoms with Crippen molar-refractivity contribution in [3.05, 3.63) is 90.2 Å². The van der Waals surface area contributed by atoms with E-state index in [4.69, 9.17) is 4.74 Å². The van der Waals surface area contributed by atoms with E-state index in [2.05, 4.69) is 5.32 Å². The first kappa shape index (κ1) is 24.6. The van der Waals surface area contributed by atoms with Gasteiger partial charge in [0, 0.05) is 18.1 Å². The fraction of sp³-hybridized carbons (Fsp3) is 0.208. The molecular formula is C24H25FN2O4S2. The van der Waals surface area contributed by atoms with Crippen molar-refractivity contribution in [2.75, 3.05) is 30.3 Å². The Kier molecular flexibility index (Phi) is 8.73. The minimum atomic E-state index is -4.01. The number of hydrogen-bond acceptors (Lipinski definition) is 5. The van der Waals surface area contributed by atoms with Gasteiger partial charge in [0.25, 0.3) is 10.0 Å². The number of anilines is 1. The summed E-state index contributed by atoms with van der Waals surface area (Å²) in [5.41, 5.74) is 0.873. The first-order chi connectivity index (χ1) is 15.9. The van der Waals surface area contributed by atoms with Crippen molar-refractivity contribution >= 4 is 33.4 Å². The van der Waals surface area contributed by atoms with Crippen LogP contribution in [0.5, 0.6) is 5.75 Å². The van der Waals surface area contributed by atoms with Crippen LogP contribution in [0.4, 0.5) is 10.1 Å². The predicted octanol–water partition coefficient (Wildman–Crippen LogP) is 4.08. The van der Waals surface area contributed by atoms with E-state index in [1.807, 2.05) is 0 Å². The Bertz CT molecular complexity index is 1170. The summed E-state index contributed by atoms with van der Waals surface area (Å²) in [5.74, 6) is 0.670. The highest BCUT2D eigenvalue weighted by atomic mass is 32.2. The van der Waals surface area contributed by atoms with Crippen molar-refractivity contribution in [1.82, 2.24) is 5.32 Å². The summed E-state index contributed by atoms with van der Waals surface area (Å²) < 4.78 is 46.8. The Morgan fingerprint density at radius 3 is 2.39 bits per heavy atom. The van der Waals surface area contributed by atoms with Gasteiger partial charge >= 0.3 is 0 Å². The standard InChI is InChI=1S/C24H25FN2O4S2/c1-31-23-14-8-7-13-22(23)27(33(29,30)20-10-3-2-4-11-20)17-24(28)26-15-16-32-18-19-9-5-6-12-21(19)25/h2-14H,15-18H2,1H3,(H,26,28). The predicted molar refractivity (Wildman–Crippen MR) is 130 cm³/mol. The summed E-state index contributed by atoms with van der Waals surface area (Å²) in [5, 5.41) is 2.74. The Hall–Kier alpha value is -3.04. The van der Waals surface area contributed by atoms with Crippen molar-refractivity contribution in [3.8, 4) is 5.75 Å². The molecule has 0 radical (unpaired) electrons. The average molecular weight is 489 g/mol. The molecule has 3 aromatic rings. The van der Waals surface area contributed by atoms with Crippen molar-refractivity contribution in [1.29, 1.82) is 0 Å². The Balaban J connectivity index is 1.67. The van der Waals surface area contributed by atoms with E-state index in [0.717, 1.165) is 4.31 Å². The topological polar surface area (TPSA) is 75.7 Å². The van der Waals surface area contributed by atoms with E-state index in [1.165, 1.54) is 37.1 Å². The van der Waals surface area contributed by atoms with Gasteiger partial charge in [0.2, 0.25) is 5.91 Å². The Labute approximate surface area is 197 Å². The second-order valence-electron chi connectivity index (χ2n) is 6.99. The molecule has 0 saturated carbocycles. The van der Waals surface area contributed by atoms with Crippen LogP contribution >= 0.6 is 11.8 Å². The van der Waals surface area contributed by atoms with Crippen LogP contribution in [-0.4, -0.2) is 40.3 Å². The van der Waals surface area contributed by atoms with Crippen LogP contribution in [-0.2, 0) is 20.6 Å². The molecule has 3 aromatic carbocycles. The summed E-state index contributed by atoms with van der Waals surface area (Å²) in [6.45, 7) is -0.0846. The van der Waals surface area contributed by atoms with Gasteiger partial charge in [0.05, 0.1) is 17.7 Å². The minimum absolute atomic E-state index is 0.0733. The number of ether oxygens (including phenoxy) is 1. The first-order valence-electron chi connectivity index (χ1n) is 10.2. The molecule has 0 aliphatic rings. The molecule has 0 aliphatic heterocycles. The van der Waals surface area contributed by atoms with Crippen LogP contribution < -0.4 is 14.4 Å². The van der Waals surface area contributed by atoms with E-state index in [1.54, 1.807) is 60.7 Å². The molecule has 33 heavy (non-hydrogen) atoms. The third-order valence-corrected chi connectivity index (χ3v) is 7.54. The third kappa shape index (κ3) is 6.49. The lowest BCUT2D eigenvalue weighted by molar-refractivity contribution is -0.119. The SMILES string of the molecule is COc1ccccc1N(CC(=O)NCCSCc1ccccc1F)S(=O)(=O)c1ccccc1. The van der Waals surface area contributed by atoms with Crippen LogP contribution in [0.3, 0.4) is 0 Å². The molecule has 1 N–H and O–H groups in total. The molecule has 0 heterocycles. The number of halogens is 1. The lowest BCUT2D eigenvalue weighted by atomic mass is 10.2. The lowest BCUT2D eigenvalue weighted by Gasteiger charge is -2.25. The van der Waals surface area contributed by atoms with E-state index in [9.17, 15) is 17.6 Å². The summed E-state index contributed by atoms with van der Waals surface area (Å²) >= 11 is 1.48. The lowest BCUT2D eigenvalue weighted by Crippen LogP contribution is -2.41. The van der Waals surface area contributed by atoms with E-state index >= 15 is 0 Å². The number of thioether (sulfide) groups is 1. The number of benzene rings is 3. The number of carbonyl (C=O) groups is 1. The monoisotopic (exact) mass is 488 g/mol. The molecule has 0 spiro atoms. The summed E-state index contributed by atoms with van der Waals surface area (Å²) in [7, 11) is -2.57. The largest absolute Gasteiger partial charge is 0.495 e. The molecule has 1 amide bonds. The zero-order valence-corrected chi connectivity index (χ0v) is 19.7. The van der Waals surface area contributed by atoms with E-state index < -0.39 is 22.5 Å². The van der Waals surface area contributed by atoms with Gasteiger partial charge in [0.1, 0.15) is 18.1 Å². The number of nitrogens with one attached hydrogen (secondary N) is 1. The number of hydrogen-bond donors (Lipinski definition) is 1. The number of sulfonamides is 1. The molecule has 0 unspecified atom stereocenters. The highest BCUT2D eigenvalue weighted by Gasteiger charge is 2.29. The van der Waals surface area contributed by atoms with Crippen molar-refractivity contribution in [2.24, 2.45) is 0 Å². The highest BCUT2D eigenvalue weighted by Crippen LogP contribution is 2.32. The van der Waals surface area contributed by atoms with E-state index in [-0.39, 0.29) is 16.4 Å². The van der Waals surface area contributed by atoms with Gasteiger partial charge in [-0.15, -0.1) is 0 Å². The molecule has 0 aromatic heterocycles. The maximum Gasteiger partial charge on any atom is 0.264 e. The van der Waals surface area contributed by atoms with E-state index in [0.29, 0.717) is 29.4 Å². The van der Waals surface area contributed by atoms with Crippen LogP contribution in [0.25, 0.3) is 0 Å². The smallest absolute Gasteiger partial charge is 0.264 e. The molecule has 0 bridgehead atoms. The van der Waals surface area contributed by atoms with Gasteiger partial charge in [-0.1, -0.05) is 48.5 Å². The second-order valence-corrected chi connectivity index (χ2v) is 9.96. The molecule has 0 aliphatic carbocycles. The van der Waals surface area contributed by atoms with Crippen LogP contribution in [0.1, 0.15) is 5.56 Å². The number of amides is 1. The van der Waals surface area contributed by atoms with Crippen molar-refractivity contribution in [3.63, 3.8) is 0 Å². The third-order valence-electron chi connectivity index (χ3n) is 4.76. The number of rotatable bonds is 11. The molecule has 0 fully saturated rings. The maximum absolute atomic E-state index is 13.7. The zero-order valence-electron chi connectivity index (χ0n) is 18.1. The summed E-state index contributed by atoms with van der Waals surface area (Å²) in [4.78, 5) is 12.7. The van der Waals surface area contributed by atoms with Crippen LogP contribution in [0, 0.1) is 5.82 Å². The fourth-order valence-electron chi connectivity index (χ4n) is 3.10. The second kappa shape index (κ2) is 11.7. The summed E-state index contributed by atoms with van der Waals surface area (Å²) in [6.07, 6.45) is 0. The Morgan fingerprint density at radius 1 is 1.00 bits per heavy atom. The molecule has 3 rings (SSSR count). The average Bonchev–Trinajstić information content (AvgIpc) is 2.84. The van der Waals surface area contributed by atoms with Crippen LogP contribution in [0.15, 0.2) is 83.8 Å². The molecule has 9 heteroatoms. The van der Waals surface area contributed by atoms with Crippen molar-refractivity contribution < 1.29 is 22.3 Å². The van der Waals surface area contributed by atoms with Crippen molar-refractivity contribution in [2.45, 2.75) is 10.6 Å². The first-order valence-corrected chi connectivity index (χ1v) is 12.8. The number of carbonyl (C=O) groups excluding carboxylic acids is 1. The summed E-state index contributed by atoms with van der Waals surface area (Å²) in [6, 6.07) is 21.1. The number of nitrogens with zero attached hydrogens (tertiary/aromatic N) is 1. The quantitative estimate of drug-likeness (QED) is 0.412. The van der Waals surface area contributed by atoms with Gasteiger partial charge < -0.3 is 10.1 Å². The highest BCUT2D eigenvalue weighted by molar-refractivity contribution is 7.98. The molecule has 0 saturated heterocycles. The van der Waals surface area contributed by atoms with Crippen LogP contribution in [0.2, 0.25) is 0 Å². The Morgan fingerprint density at radius 2 is 1.67 bits per heavy atom. The van der Waals surface area contributed by atoms with Gasteiger partial charge in [-0.05, 0) is 35.9 Å². The molecule has 0 atom stereocenters. The van der Waals surface area contributed by atoms with Gasteiger partial charge in [0.15, 0.2) is 0 Å². The normalized spacial score (nSPS) is 11.1. The maximum atomic E-state index is 13.7. The molecule has 6 nitrogen and oxygen atoms in total. The zero-order chi connectivity index (χ0) is 23.7. The number of methoxy groups -OCH3 is 1. The molecular weight excluding hydrogens is 463 g/mol. The van der Waals surface area contributed by atoms with Gasteiger partial charge in [-0.3, -0.25) is 9.10 Å². The van der Waals surface area contributed by atoms with Gasteiger partial charge in [-0.25, -0.2) is 12.8 Å².